The van der Waals surface area contributed by atoms with Crippen LogP contribution in [0, 0.1) is 13.8 Å². The largest absolute Gasteiger partial charge is 0.464 e. The van der Waals surface area contributed by atoms with Crippen molar-refractivity contribution in [1.29, 1.82) is 0 Å². The SMILES string of the molecule is Cc1ccc(CN(C)C(=O)CSc2nnc(C)s2)o1. The van der Waals surface area contributed by atoms with E-state index in [1.807, 2.05) is 26.0 Å². The van der Waals surface area contributed by atoms with E-state index in [1.54, 1.807) is 11.9 Å². The maximum atomic E-state index is 12.0. The Morgan fingerprint density at radius 3 is 2.79 bits per heavy atom. The van der Waals surface area contributed by atoms with Crippen LogP contribution in [0.5, 0.6) is 0 Å². The molecule has 5 nitrogen and oxygen atoms in total. The third-order valence-electron chi connectivity index (χ3n) is 2.44. The number of nitrogens with zero attached hydrogens (tertiary/aromatic N) is 3. The van der Waals surface area contributed by atoms with Gasteiger partial charge in [-0.05, 0) is 26.0 Å². The van der Waals surface area contributed by atoms with Crippen LogP contribution < -0.4 is 0 Å². The van der Waals surface area contributed by atoms with Gasteiger partial charge in [-0.25, -0.2) is 0 Å². The van der Waals surface area contributed by atoms with Gasteiger partial charge in [0.15, 0.2) is 4.34 Å². The molecule has 7 heteroatoms. The van der Waals surface area contributed by atoms with Crippen molar-refractivity contribution < 1.29 is 9.21 Å². The Morgan fingerprint density at radius 1 is 1.42 bits per heavy atom. The summed E-state index contributed by atoms with van der Waals surface area (Å²) in [5.74, 6) is 2.07. The summed E-state index contributed by atoms with van der Waals surface area (Å²) in [5, 5.41) is 8.81. The van der Waals surface area contributed by atoms with Crippen molar-refractivity contribution in [2.75, 3.05) is 12.8 Å². The van der Waals surface area contributed by atoms with Gasteiger partial charge in [0.25, 0.3) is 0 Å². The van der Waals surface area contributed by atoms with Crippen LogP contribution in [0.4, 0.5) is 0 Å². The lowest BCUT2D eigenvalue weighted by Crippen LogP contribution is -2.27. The van der Waals surface area contributed by atoms with Gasteiger partial charge in [-0.2, -0.15) is 0 Å². The molecule has 102 valence electrons. The Bertz CT molecular complexity index is 565. The third kappa shape index (κ3) is 4.07. The molecule has 0 spiro atoms. The highest BCUT2D eigenvalue weighted by Gasteiger charge is 2.13. The molecule has 0 bridgehead atoms. The van der Waals surface area contributed by atoms with Crippen LogP contribution in [-0.2, 0) is 11.3 Å². The zero-order chi connectivity index (χ0) is 13.8. The minimum Gasteiger partial charge on any atom is -0.464 e. The van der Waals surface area contributed by atoms with Crippen molar-refractivity contribution in [3.63, 3.8) is 0 Å². The molecule has 1 amide bonds. The van der Waals surface area contributed by atoms with E-state index in [-0.39, 0.29) is 5.91 Å². The van der Waals surface area contributed by atoms with Crippen LogP contribution in [0.1, 0.15) is 16.5 Å². The Kier molecular flexibility index (Phi) is 4.60. The number of aromatic nitrogens is 2. The topological polar surface area (TPSA) is 59.2 Å². The second-order valence-electron chi connectivity index (χ2n) is 4.14. The van der Waals surface area contributed by atoms with Crippen molar-refractivity contribution in [3.8, 4) is 0 Å². The summed E-state index contributed by atoms with van der Waals surface area (Å²) in [7, 11) is 1.77. The summed E-state index contributed by atoms with van der Waals surface area (Å²) >= 11 is 2.92. The van der Waals surface area contributed by atoms with E-state index in [0.717, 1.165) is 20.9 Å². The molecule has 0 atom stereocenters. The molecule has 2 aromatic heterocycles. The summed E-state index contributed by atoms with van der Waals surface area (Å²) in [5.41, 5.74) is 0. The van der Waals surface area contributed by atoms with Crippen molar-refractivity contribution in [2.24, 2.45) is 0 Å². The predicted octanol–water partition coefficient (Wildman–Crippen LogP) is 2.50. The van der Waals surface area contributed by atoms with Gasteiger partial charge in [-0.3, -0.25) is 4.79 Å². The van der Waals surface area contributed by atoms with Gasteiger partial charge in [0.1, 0.15) is 16.5 Å². The first-order chi connectivity index (χ1) is 9.04. The Labute approximate surface area is 120 Å². The van der Waals surface area contributed by atoms with Gasteiger partial charge < -0.3 is 9.32 Å². The molecule has 0 fully saturated rings. The van der Waals surface area contributed by atoms with Crippen LogP contribution in [0.3, 0.4) is 0 Å². The first-order valence-corrected chi connectivity index (χ1v) is 7.57. The Balaban J connectivity index is 1.82. The average molecular weight is 297 g/mol. The molecule has 2 heterocycles. The van der Waals surface area contributed by atoms with E-state index < -0.39 is 0 Å². The molecule has 0 aliphatic rings. The summed E-state index contributed by atoms with van der Waals surface area (Å²) in [6.07, 6.45) is 0. The smallest absolute Gasteiger partial charge is 0.233 e. The van der Waals surface area contributed by atoms with E-state index >= 15 is 0 Å². The van der Waals surface area contributed by atoms with Crippen molar-refractivity contribution in [3.05, 3.63) is 28.7 Å². The zero-order valence-electron chi connectivity index (χ0n) is 11.0. The number of carbonyl (C=O) groups is 1. The molecule has 0 aliphatic carbocycles. The number of amides is 1. The number of hydrogen-bond donors (Lipinski definition) is 0. The van der Waals surface area contributed by atoms with Gasteiger partial charge in [-0.15, -0.1) is 10.2 Å². The minimum atomic E-state index is 0.0481. The first-order valence-electron chi connectivity index (χ1n) is 5.77. The lowest BCUT2D eigenvalue weighted by Gasteiger charge is -2.14. The molecule has 19 heavy (non-hydrogen) atoms. The van der Waals surface area contributed by atoms with Gasteiger partial charge >= 0.3 is 0 Å². The summed E-state index contributed by atoms with van der Waals surface area (Å²) in [6, 6.07) is 3.78. The number of rotatable bonds is 5. The maximum Gasteiger partial charge on any atom is 0.233 e. The fourth-order valence-electron chi connectivity index (χ4n) is 1.46. The van der Waals surface area contributed by atoms with Gasteiger partial charge in [0, 0.05) is 7.05 Å². The van der Waals surface area contributed by atoms with Crippen LogP contribution in [0.25, 0.3) is 0 Å². The summed E-state index contributed by atoms with van der Waals surface area (Å²) < 4.78 is 6.28. The fourth-order valence-corrected chi connectivity index (χ4v) is 3.22. The van der Waals surface area contributed by atoms with E-state index in [2.05, 4.69) is 10.2 Å². The minimum absolute atomic E-state index is 0.0481. The Hall–Kier alpha value is -1.34. The van der Waals surface area contributed by atoms with E-state index in [0.29, 0.717) is 12.3 Å². The van der Waals surface area contributed by atoms with Gasteiger partial charge in [-0.1, -0.05) is 23.1 Å². The number of carbonyl (C=O) groups excluding carboxylic acids is 1. The summed E-state index contributed by atoms with van der Waals surface area (Å²) in [6.45, 7) is 4.27. The van der Waals surface area contributed by atoms with Gasteiger partial charge in [0.2, 0.25) is 5.91 Å². The fraction of sp³-hybridized carbons (Fsp3) is 0.417. The Morgan fingerprint density at radius 2 is 2.21 bits per heavy atom. The zero-order valence-corrected chi connectivity index (χ0v) is 12.7. The lowest BCUT2D eigenvalue weighted by molar-refractivity contribution is -0.127. The van der Waals surface area contributed by atoms with Crippen LogP contribution >= 0.6 is 23.1 Å². The van der Waals surface area contributed by atoms with Gasteiger partial charge in [0.05, 0.1) is 12.3 Å². The predicted molar refractivity (Wildman–Crippen MR) is 75.3 cm³/mol. The van der Waals surface area contributed by atoms with E-state index in [9.17, 15) is 4.79 Å². The number of furan rings is 1. The maximum absolute atomic E-state index is 12.0. The molecular weight excluding hydrogens is 282 g/mol. The molecular formula is C12H15N3O2S2. The van der Waals surface area contributed by atoms with Crippen LogP contribution in [0.2, 0.25) is 0 Å². The van der Waals surface area contributed by atoms with Crippen molar-refractivity contribution in [1.82, 2.24) is 15.1 Å². The molecule has 0 radical (unpaired) electrons. The monoisotopic (exact) mass is 297 g/mol. The lowest BCUT2D eigenvalue weighted by atomic mass is 10.4. The molecule has 0 aromatic carbocycles. The second-order valence-corrected chi connectivity index (χ2v) is 6.54. The van der Waals surface area contributed by atoms with Crippen molar-refractivity contribution in [2.45, 2.75) is 24.7 Å². The molecule has 0 saturated carbocycles. The highest BCUT2D eigenvalue weighted by atomic mass is 32.2. The highest BCUT2D eigenvalue weighted by Crippen LogP contribution is 2.22. The molecule has 0 saturated heterocycles. The normalized spacial score (nSPS) is 10.7. The van der Waals surface area contributed by atoms with Crippen molar-refractivity contribution >= 4 is 29.0 Å². The number of aryl methyl sites for hydroxylation is 2. The number of hydrogen-bond acceptors (Lipinski definition) is 6. The van der Waals surface area contributed by atoms with Crippen LogP contribution in [-0.4, -0.2) is 33.8 Å². The van der Waals surface area contributed by atoms with E-state index in [1.165, 1.54) is 23.1 Å². The number of thioether (sulfide) groups is 1. The average Bonchev–Trinajstić information content (AvgIpc) is 2.95. The quantitative estimate of drug-likeness (QED) is 0.794. The second kappa shape index (κ2) is 6.21. The highest BCUT2D eigenvalue weighted by molar-refractivity contribution is 8.01. The molecule has 0 N–H and O–H groups in total. The molecule has 0 aliphatic heterocycles. The molecule has 2 aromatic rings. The van der Waals surface area contributed by atoms with Crippen LogP contribution in [0.15, 0.2) is 20.9 Å². The van der Waals surface area contributed by atoms with E-state index in [4.69, 9.17) is 4.42 Å². The third-order valence-corrected chi connectivity index (χ3v) is 4.40. The first kappa shape index (κ1) is 14.1. The molecule has 2 rings (SSSR count). The molecule has 0 unspecified atom stereocenters. The standard InChI is InChI=1S/C12H15N3O2S2/c1-8-4-5-10(17-8)6-15(3)11(16)7-18-12-14-13-9(2)19-12/h4-5H,6-7H2,1-3H3. The summed E-state index contributed by atoms with van der Waals surface area (Å²) in [4.78, 5) is 13.6.